The number of rotatable bonds is 5. The molecule has 1 saturated carbocycles. The summed E-state index contributed by atoms with van der Waals surface area (Å²) in [4.78, 5) is 18.9. The van der Waals surface area contributed by atoms with Crippen molar-refractivity contribution in [3.8, 4) is 0 Å². The molecule has 0 unspecified atom stereocenters. The van der Waals surface area contributed by atoms with E-state index in [1.807, 2.05) is 0 Å². The molecule has 122 valence electrons. The normalized spacial score (nSPS) is 23.7. The lowest BCUT2D eigenvalue weighted by molar-refractivity contribution is -0.127. The number of nitrogens with two attached hydrogens (primary N) is 1. The summed E-state index contributed by atoms with van der Waals surface area (Å²) < 4.78 is 0. The molecule has 1 aromatic heterocycles. The Labute approximate surface area is 131 Å². The van der Waals surface area contributed by atoms with Crippen molar-refractivity contribution in [2.75, 3.05) is 25.4 Å². The molecule has 1 amide bonds. The highest BCUT2D eigenvalue weighted by Gasteiger charge is 2.30. The van der Waals surface area contributed by atoms with Gasteiger partial charge in [-0.2, -0.15) is 4.98 Å². The first-order valence-electron chi connectivity index (χ1n) is 8.41. The lowest BCUT2D eigenvalue weighted by Gasteiger charge is -2.36. The maximum absolute atomic E-state index is 12.3. The fourth-order valence-corrected chi connectivity index (χ4v) is 3.69. The molecule has 0 bridgehead atoms. The Kier molecular flexibility index (Phi) is 4.92. The molecule has 1 aliphatic carbocycles. The fraction of sp³-hybridized carbons (Fsp3) is 0.800. The summed E-state index contributed by atoms with van der Waals surface area (Å²) in [5, 5.41) is 9.56. The van der Waals surface area contributed by atoms with Gasteiger partial charge in [0.1, 0.15) is 5.82 Å². The highest BCUT2D eigenvalue weighted by molar-refractivity contribution is 5.78. The zero-order valence-electron chi connectivity index (χ0n) is 13.1. The Hall–Kier alpha value is -1.63. The molecule has 1 atom stereocenters. The van der Waals surface area contributed by atoms with Gasteiger partial charge >= 0.3 is 0 Å². The number of hydrogen-bond donors (Lipinski definition) is 3. The molecule has 7 heteroatoms. The van der Waals surface area contributed by atoms with Crippen molar-refractivity contribution in [3.05, 3.63) is 5.82 Å². The van der Waals surface area contributed by atoms with Crippen LogP contribution in [0.2, 0.25) is 0 Å². The smallest absolute Gasteiger partial charge is 0.239 e. The van der Waals surface area contributed by atoms with E-state index in [2.05, 4.69) is 25.4 Å². The maximum atomic E-state index is 12.3. The molecule has 4 N–H and O–H groups in total. The van der Waals surface area contributed by atoms with E-state index in [1.54, 1.807) is 0 Å². The standard InChI is InChI=1S/C15H26N6O/c16-15-18-13(19-20-15)7-8-17-14(22)11-4-3-9-21(10-11)12-5-1-2-6-12/h11-12H,1-10H2,(H,17,22)(H3,16,18,19,20)/t11-/m0/s1. The third-order valence-electron chi connectivity index (χ3n) is 4.87. The Morgan fingerprint density at radius 2 is 2.14 bits per heavy atom. The molecule has 1 aliphatic heterocycles. The average Bonchev–Trinajstić information content (AvgIpc) is 3.19. The number of piperidine rings is 1. The first kappa shape index (κ1) is 15.3. The number of likely N-dealkylation sites (tertiary alicyclic amines) is 1. The second-order valence-corrected chi connectivity index (χ2v) is 6.45. The molecule has 0 aromatic carbocycles. The van der Waals surface area contributed by atoms with Crippen LogP contribution in [0.25, 0.3) is 0 Å². The maximum Gasteiger partial charge on any atom is 0.239 e. The second-order valence-electron chi connectivity index (χ2n) is 6.45. The van der Waals surface area contributed by atoms with Crippen LogP contribution in [0.15, 0.2) is 0 Å². The van der Waals surface area contributed by atoms with Crippen molar-refractivity contribution < 1.29 is 4.79 Å². The first-order chi connectivity index (χ1) is 10.7. The van der Waals surface area contributed by atoms with Gasteiger partial charge in [0.15, 0.2) is 0 Å². The van der Waals surface area contributed by atoms with Gasteiger partial charge in [-0.25, -0.2) is 0 Å². The SMILES string of the molecule is Nc1n[nH]c(CCNC(=O)[C@H]2CCCN(C3CCCC3)C2)n1. The van der Waals surface area contributed by atoms with Crippen LogP contribution in [-0.4, -0.2) is 51.7 Å². The average molecular weight is 306 g/mol. The van der Waals surface area contributed by atoms with Crippen molar-refractivity contribution >= 4 is 11.9 Å². The molecule has 7 nitrogen and oxygen atoms in total. The number of amides is 1. The summed E-state index contributed by atoms with van der Waals surface area (Å²) in [6, 6.07) is 0.716. The van der Waals surface area contributed by atoms with Gasteiger partial charge in [-0.15, -0.1) is 5.10 Å². The van der Waals surface area contributed by atoms with Crippen molar-refractivity contribution in [3.63, 3.8) is 0 Å². The Balaban J connectivity index is 1.43. The van der Waals surface area contributed by atoms with E-state index < -0.39 is 0 Å². The minimum absolute atomic E-state index is 0.133. The number of nitrogens with zero attached hydrogens (tertiary/aromatic N) is 3. The van der Waals surface area contributed by atoms with Gasteiger partial charge in [0.2, 0.25) is 11.9 Å². The monoisotopic (exact) mass is 306 g/mol. The van der Waals surface area contributed by atoms with Crippen LogP contribution in [0.4, 0.5) is 5.95 Å². The molecule has 1 aromatic rings. The van der Waals surface area contributed by atoms with Gasteiger partial charge in [0.05, 0.1) is 5.92 Å². The number of aromatic amines is 1. The number of aromatic nitrogens is 3. The minimum Gasteiger partial charge on any atom is -0.367 e. The Morgan fingerprint density at radius 1 is 1.32 bits per heavy atom. The molecule has 2 fully saturated rings. The van der Waals surface area contributed by atoms with Gasteiger partial charge in [0.25, 0.3) is 0 Å². The van der Waals surface area contributed by atoms with E-state index in [0.29, 0.717) is 24.8 Å². The molecule has 3 rings (SSSR count). The van der Waals surface area contributed by atoms with Crippen LogP contribution < -0.4 is 11.1 Å². The molecular weight excluding hydrogens is 280 g/mol. The second kappa shape index (κ2) is 7.09. The van der Waals surface area contributed by atoms with Gasteiger partial charge in [0, 0.05) is 25.6 Å². The van der Waals surface area contributed by atoms with E-state index in [9.17, 15) is 4.79 Å². The number of nitrogen functional groups attached to an aromatic ring is 1. The lowest BCUT2D eigenvalue weighted by Crippen LogP contribution is -2.46. The minimum atomic E-state index is 0.133. The first-order valence-corrected chi connectivity index (χ1v) is 8.41. The number of H-pyrrole nitrogens is 1. The predicted octanol–water partition coefficient (Wildman–Crippen LogP) is 0.700. The third-order valence-corrected chi connectivity index (χ3v) is 4.87. The van der Waals surface area contributed by atoms with Crippen LogP contribution in [0.1, 0.15) is 44.3 Å². The van der Waals surface area contributed by atoms with Crippen LogP contribution in [0, 0.1) is 5.92 Å². The number of carbonyl (C=O) groups is 1. The third kappa shape index (κ3) is 3.76. The van der Waals surface area contributed by atoms with Crippen LogP contribution >= 0.6 is 0 Å². The van der Waals surface area contributed by atoms with Crippen LogP contribution in [-0.2, 0) is 11.2 Å². The van der Waals surface area contributed by atoms with E-state index >= 15 is 0 Å². The Bertz CT molecular complexity index is 496. The summed E-state index contributed by atoms with van der Waals surface area (Å²) in [6.07, 6.45) is 8.08. The molecule has 0 spiro atoms. The summed E-state index contributed by atoms with van der Waals surface area (Å²) in [7, 11) is 0. The topological polar surface area (TPSA) is 99.9 Å². The van der Waals surface area contributed by atoms with E-state index in [1.165, 1.54) is 25.7 Å². The van der Waals surface area contributed by atoms with Crippen molar-refractivity contribution in [2.24, 2.45) is 5.92 Å². The van der Waals surface area contributed by atoms with Gasteiger partial charge in [-0.3, -0.25) is 14.8 Å². The summed E-state index contributed by atoms with van der Waals surface area (Å²) in [6.45, 7) is 2.66. The quantitative estimate of drug-likeness (QED) is 0.743. The van der Waals surface area contributed by atoms with Gasteiger partial charge < -0.3 is 11.1 Å². The fourth-order valence-electron chi connectivity index (χ4n) is 3.69. The zero-order valence-corrected chi connectivity index (χ0v) is 13.1. The zero-order chi connectivity index (χ0) is 15.4. The number of anilines is 1. The Morgan fingerprint density at radius 3 is 2.86 bits per heavy atom. The van der Waals surface area contributed by atoms with E-state index in [-0.39, 0.29) is 17.8 Å². The molecular formula is C15H26N6O. The molecule has 22 heavy (non-hydrogen) atoms. The highest BCUT2D eigenvalue weighted by atomic mass is 16.1. The highest BCUT2D eigenvalue weighted by Crippen LogP contribution is 2.27. The number of nitrogens with one attached hydrogen (secondary N) is 2. The summed E-state index contributed by atoms with van der Waals surface area (Å²) in [5.41, 5.74) is 5.46. The van der Waals surface area contributed by atoms with Gasteiger partial charge in [-0.1, -0.05) is 12.8 Å². The number of carbonyl (C=O) groups excluding carboxylic acids is 1. The lowest BCUT2D eigenvalue weighted by atomic mass is 9.95. The molecule has 2 heterocycles. The van der Waals surface area contributed by atoms with Crippen molar-refractivity contribution in [2.45, 2.75) is 51.0 Å². The van der Waals surface area contributed by atoms with Crippen molar-refractivity contribution in [1.29, 1.82) is 0 Å². The molecule has 0 radical (unpaired) electrons. The largest absolute Gasteiger partial charge is 0.367 e. The summed E-state index contributed by atoms with van der Waals surface area (Å²) in [5.74, 6) is 1.28. The van der Waals surface area contributed by atoms with Crippen LogP contribution in [0.5, 0.6) is 0 Å². The van der Waals surface area contributed by atoms with Crippen molar-refractivity contribution in [1.82, 2.24) is 25.4 Å². The van der Waals surface area contributed by atoms with Crippen LogP contribution in [0.3, 0.4) is 0 Å². The molecule has 2 aliphatic rings. The van der Waals surface area contributed by atoms with Gasteiger partial charge in [-0.05, 0) is 32.2 Å². The van der Waals surface area contributed by atoms with E-state index in [4.69, 9.17) is 5.73 Å². The molecule has 1 saturated heterocycles. The number of hydrogen-bond acceptors (Lipinski definition) is 5. The summed E-state index contributed by atoms with van der Waals surface area (Å²) >= 11 is 0. The predicted molar refractivity (Wildman–Crippen MR) is 84.1 cm³/mol. The van der Waals surface area contributed by atoms with E-state index in [0.717, 1.165) is 25.9 Å².